The first-order chi connectivity index (χ1) is 18.9. The van der Waals surface area contributed by atoms with Crippen LogP contribution in [0.1, 0.15) is 50.8 Å². The van der Waals surface area contributed by atoms with Crippen molar-refractivity contribution in [3.8, 4) is 5.75 Å². The number of nitrogen functional groups attached to an aromatic ring is 1. The van der Waals surface area contributed by atoms with Crippen molar-refractivity contribution in [1.82, 2.24) is 19.3 Å². The van der Waals surface area contributed by atoms with E-state index in [1.165, 1.54) is 17.3 Å². The highest BCUT2D eigenvalue weighted by atomic mass is 35.5. The number of ether oxygens (including phenoxy) is 1. The first kappa shape index (κ1) is 29.1. The van der Waals surface area contributed by atoms with E-state index in [2.05, 4.69) is 31.7 Å². The maximum Gasteiger partial charge on any atom is 0.268 e. The molecule has 1 aromatic carbocycles. The SMILES string of the molecule is COc1ccc2c(c1)[C@@H](N[S+]([O-])C(C)(C)C)C1(CCN(c3ncc(Sc4ccnc(N)c4Cl)c(=O)n3C)CC1)C2. The van der Waals surface area contributed by atoms with Crippen LogP contribution in [0.2, 0.25) is 5.02 Å². The molecule has 1 unspecified atom stereocenters. The van der Waals surface area contributed by atoms with Gasteiger partial charge in [0.05, 0.1) is 29.3 Å². The Balaban J connectivity index is 1.38. The quantitative estimate of drug-likeness (QED) is 0.393. The van der Waals surface area contributed by atoms with Gasteiger partial charge in [-0.2, -0.15) is 0 Å². The first-order valence-electron chi connectivity index (χ1n) is 13.2. The number of pyridine rings is 1. The fourth-order valence-electron chi connectivity index (χ4n) is 5.55. The van der Waals surface area contributed by atoms with Crippen molar-refractivity contribution in [3.05, 3.63) is 63.2 Å². The maximum absolute atomic E-state index is 13.3. The van der Waals surface area contributed by atoms with Crippen LogP contribution in [-0.4, -0.2) is 44.0 Å². The van der Waals surface area contributed by atoms with Crippen molar-refractivity contribution in [2.24, 2.45) is 12.5 Å². The zero-order valence-electron chi connectivity index (χ0n) is 23.4. The highest BCUT2D eigenvalue weighted by molar-refractivity contribution is 7.99. The summed E-state index contributed by atoms with van der Waals surface area (Å²) >= 11 is 6.29. The van der Waals surface area contributed by atoms with E-state index in [-0.39, 0.29) is 22.8 Å². The van der Waals surface area contributed by atoms with Gasteiger partial charge in [0.15, 0.2) is 0 Å². The number of rotatable bonds is 6. The van der Waals surface area contributed by atoms with Crippen LogP contribution in [0.5, 0.6) is 5.75 Å². The van der Waals surface area contributed by atoms with Gasteiger partial charge in [0.2, 0.25) is 5.95 Å². The van der Waals surface area contributed by atoms with Crippen molar-refractivity contribution in [2.45, 2.75) is 60.6 Å². The van der Waals surface area contributed by atoms with E-state index >= 15 is 0 Å². The van der Waals surface area contributed by atoms with Crippen LogP contribution in [0.4, 0.5) is 11.8 Å². The van der Waals surface area contributed by atoms with Crippen molar-refractivity contribution in [3.63, 3.8) is 0 Å². The third-order valence-electron chi connectivity index (χ3n) is 7.86. The van der Waals surface area contributed by atoms with Crippen molar-refractivity contribution < 1.29 is 9.29 Å². The number of nitrogens with zero attached hydrogens (tertiary/aromatic N) is 4. The van der Waals surface area contributed by atoms with Crippen LogP contribution in [0, 0.1) is 5.41 Å². The van der Waals surface area contributed by atoms with E-state index in [1.807, 2.05) is 26.8 Å². The molecule has 9 nitrogen and oxygen atoms in total. The molecule has 1 fully saturated rings. The number of piperidine rings is 1. The second-order valence-electron chi connectivity index (χ2n) is 11.4. The lowest BCUT2D eigenvalue weighted by molar-refractivity contribution is 0.175. The number of nitrogens with two attached hydrogens (primary N) is 1. The summed E-state index contributed by atoms with van der Waals surface area (Å²) in [5.41, 5.74) is 8.00. The number of hydrogen-bond acceptors (Lipinski definition) is 9. The lowest BCUT2D eigenvalue weighted by atomic mass is 9.73. The molecule has 0 radical (unpaired) electrons. The zero-order chi connectivity index (χ0) is 28.8. The number of fused-ring (bicyclic) bond motifs is 1. The van der Waals surface area contributed by atoms with Gasteiger partial charge in [0.25, 0.3) is 5.56 Å². The minimum Gasteiger partial charge on any atom is -0.598 e. The summed E-state index contributed by atoms with van der Waals surface area (Å²) in [7, 11) is 3.42. The Labute approximate surface area is 247 Å². The molecule has 3 aromatic rings. The topological polar surface area (TPSA) is 121 Å². The predicted octanol–water partition coefficient (Wildman–Crippen LogP) is 4.51. The maximum atomic E-state index is 13.3. The van der Waals surface area contributed by atoms with Crippen LogP contribution in [0.25, 0.3) is 0 Å². The van der Waals surface area contributed by atoms with Crippen LogP contribution in [0.3, 0.4) is 0 Å². The number of methoxy groups -OCH3 is 1. The highest BCUT2D eigenvalue weighted by Gasteiger charge is 2.51. The summed E-state index contributed by atoms with van der Waals surface area (Å²) in [4.78, 5) is 25.2. The molecule has 1 aliphatic carbocycles. The summed E-state index contributed by atoms with van der Waals surface area (Å²) < 4.78 is 23.5. The van der Waals surface area contributed by atoms with Gasteiger partial charge in [-0.25, -0.2) is 9.97 Å². The number of anilines is 2. The van der Waals surface area contributed by atoms with E-state index in [4.69, 9.17) is 22.1 Å². The molecule has 2 atom stereocenters. The number of halogens is 1. The molecule has 2 aromatic heterocycles. The smallest absolute Gasteiger partial charge is 0.268 e. The molecular weight excluding hydrogens is 568 g/mol. The second-order valence-corrected chi connectivity index (χ2v) is 14.9. The monoisotopic (exact) mass is 602 g/mol. The predicted molar refractivity (Wildman–Crippen MR) is 162 cm³/mol. The molecule has 1 saturated heterocycles. The largest absolute Gasteiger partial charge is 0.598 e. The molecule has 0 saturated carbocycles. The molecule has 1 spiro atoms. The Kier molecular flexibility index (Phi) is 8.06. The molecule has 3 N–H and O–H groups in total. The molecule has 1 aliphatic heterocycles. The Morgan fingerprint density at radius 3 is 2.62 bits per heavy atom. The molecular formula is C28H35ClN6O3S2. The zero-order valence-corrected chi connectivity index (χ0v) is 25.8. The number of benzene rings is 1. The molecule has 12 heteroatoms. The Morgan fingerprint density at radius 1 is 1.23 bits per heavy atom. The van der Waals surface area contributed by atoms with E-state index in [0.29, 0.717) is 20.8 Å². The average molecular weight is 603 g/mol. The lowest BCUT2D eigenvalue weighted by Gasteiger charge is -2.44. The Morgan fingerprint density at radius 2 is 1.95 bits per heavy atom. The van der Waals surface area contributed by atoms with Crippen LogP contribution in [-0.2, 0) is 24.8 Å². The summed E-state index contributed by atoms with van der Waals surface area (Å²) in [5, 5.41) is 0.325. The molecule has 40 heavy (non-hydrogen) atoms. The van der Waals surface area contributed by atoms with Crippen LogP contribution >= 0.6 is 23.4 Å². The summed E-state index contributed by atoms with van der Waals surface area (Å²) in [6.45, 7) is 7.41. The van der Waals surface area contributed by atoms with Gasteiger partial charge < -0.3 is 19.9 Å². The molecule has 5 rings (SSSR count). The highest BCUT2D eigenvalue weighted by Crippen LogP contribution is 2.53. The summed E-state index contributed by atoms with van der Waals surface area (Å²) in [6.07, 6.45) is 5.80. The molecule has 214 valence electrons. The van der Waals surface area contributed by atoms with E-state index in [1.54, 1.807) is 37.2 Å². The fraction of sp³-hybridized carbons (Fsp3) is 0.464. The molecule has 3 heterocycles. The van der Waals surface area contributed by atoms with Gasteiger partial charge in [-0.3, -0.25) is 9.36 Å². The summed E-state index contributed by atoms with van der Waals surface area (Å²) in [6, 6.07) is 7.88. The van der Waals surface area contributed by atoms with Crippen LogP contribution < -0.4 is 25.7 Å². The Bertz CT molecular complexity index is 1470. The number of nitrogens with one attached hydrogen (secondary N) is 1. The first-order valence-corrected chi connectivity index (χ1v) is 15.5. The number of aromatic nitrogens is 3. The minimum atomic E-state index is -1.23. The van der Waals surface area contributed by atoms with Crippen molar-refractivity contribution in [1.29, 1.82) is 0 Å². The Hall–Kier alpha value is -2.44. The van der Waals surface area contributed by atoms with Gasteiger partial charge >= 0.3 is 0 Å². The normalized spacial score (nSPS) is 19.1. The molecule has 0 bridgehead atoms. The third-order valence-corrected chi connectivity index (χ3v) is 11.0. The standard InChI is InChI=1S/C28H35ClN6O3S2/c1-27(2,3)40(37)33-23-19-14-18(38-5)7-6-17(19)15-28(23)9-12-35(13-10-28)26-32-16-21(25(36)34(26)4)39-20-8-11-31-24(30)22(20)29/h6-8,11,14,16,23,33H,9-10,12-13,15H2,1-5H3,(H2,30,31)/t23-,40?/m1/s1. The average Bonchev–Trinajstić information content (AvgIpc) is 3.21. The van der Waals surface area contributed by atoms with Gasteiger partial charge in [0.1, 0.15) is 16.3 Å². The second kappa shape index (κ2) is 11.1. The lowest BCUT2D eigenvalue weighted by Crippen LogP contribution is -2.50. The summed E-state index contributed by atoms with van der Waals surface area (Å²) in [5.74, 6) is 1.65. The minimum absolute atomic E-state index is 0.0621. The number of hydrogen-bond donors (Lipinski definition) is 2. The molecule has 0 amide bonds. The third kappa shape index (κ3) is 5.42. The van der Waals surface area contributed by atoms with Crippen molar-refractivity contribution >= 4 is 46.5 Å². The van der Waals surface area contributed by atoms with E-state index in [9.17, 15) is 9.35 Å². The van der Waals surface area contributed by atoms with Crippen molar-refractivity contribution in [2.75, 3.05) is 30.8 Å². The van der Waals surface area contributed by atoms with E-state index in [0.717, 1.165) is 43.7 Å². The molecule has 2 aliphatic rings. The van der Waals surface area contributed by atoms with Crippen LogP contribution in [0.15, 0.2) is 51.2 Å². The van der Waals surface area contributed by atoms with Gasteiger partial charge in [-0.05, 0) is 69.4 Å². The van der Waals surface area contributed by atoms with Gasteiger partial charge in [0, 0.05) is 48.0 Å². The fourth-order valence-corrected chi connectivity index (χ4v) is 7.61. The van der Waals surface area contributed by atoms with E-state index < -0.39 is 16.1 Å². The van der Waals surface area contributed by atoms with Gasteiger partial charge in [-0.1, -0.05) is 29.4 Å². The van der Waals surface area contributed by atoms with Gasteiger partial charge in [-0.15, -0.1) is 4.72 Å².